The normalized spacial score (nSPS) is 11.2. The van der Waals surface area contributed by atoms with Crippen molar-refractivity contribution in [2.24, 2.45) is 0 Å². The number of rotatable bonds is 9. The fourth-order valence-corrected chi connectivity index (χ4v) is 5.24. The average Bonchev–Trinajstić information content (AvgIpc) is 2.90. The Hall–Kier alpha value is -3.77. The Bertz CT molecular complexity index is 1350. The van der Waals surface area contributed by atoms with Crippen LogP contribution in [-0.2, 0) is 35.1 Å². The number of pyridine rings is 1. The summed E-state index contributed by atoms with van der Waals surface area (Å²) >= 11 is 0. The third-order valence-electron chi connectivity index (χ3n) is 5.85. The second kappa shape index (κ2) is 11.1. The molecule has 0 N–H and O–H groups in total. The molecule has 0 radical (unpaired) electrons. The van der Waals surface area contributed by atoms with Gasteiger partial charge in [-0.15, -0.1) is 0 Å². The van der Waals surface area contributed by atoms with Gasteiger partial charge in [-0.3, -0.25) is 9.78 Å². The predicted molar refractivity (Wildman–Crippen MR) is 137 cm³/mol. The number of hydrogen-bond donors (Lipinski definition) is 0. The number of sulfone groups is 1. The van der Waals surface area contributed by atoms with Crippen LogP contribution in [0.1, 0.15) is 39.5 Å². The molecule has 4 rings (SSSR count). The van der Waals surface area contributed by atoms with Crippen LogP contribution in [0.25, 0.3) is 0 Å². The fourth-order valence-electron chi connectivity index (χ4n) is 3.87. The quantitative estimate of drug-likeness (QED) is 0.316. The van der Waals surface area contributed by atoms with Crippen LogP contribution >= 0.6 is 0 Å². The first-order valence-electron chi connectivity index (χ1n) is 11.6. The number of carbonyl (C=O) groups excluding carboxylic acids is 1. The maximum atomic E-state index is 13.5. The number of benzene rings is 3. The third-order valence-corrected chi connectivity index (χ3v) is 7.55. The van der Waals surface area contributed by atoms with Crippen molar-refractivity contribution in [3.8, 4) is 0 Å². The first-order valence-corrected chi connectivity index (χ1v) is 13.2. The van der Waals surface area contributed by atoms with E-state index in [-0.39, 0.29) is 16.6 Å². The van der Waals surface area contributed by atoms with Gasteiger partial charge in [-0.25, -0.2) is 8.42 Å². The lowest BCUT2D eigenvalue weighted by Crippen LogP contribution is -2.30. The number of aromatic nitrogens is 1. The zero-order valence-corrected chi connectivity index (χ0v) is 20.5. The summed E-state index contributed by atoms with van der Waals surface area (Å²) in [6.45, 7) is 3.00. The highest BCUT2D eigenvalue weighted by atomic mass is 32.2. The molecule has 0 saturated carbocycles. The molecule has 0 atom stereocenters. The van der Waals surface area contributed by atoms with E-state index in [1.54, 1.807) is 71.9 Å². The number of amides is 1. The van der Waals surface area contributed by atoms with Gasteiger partial charge >= 0.3 is 0 Å². The lowest BCUT2D eigenvalue weighted by molar-refractivity contribution is 0.0730. The van der Waals surface area contributed by atoms with Crippen molar-refractivity contribution < 1.29 is 13.2 Å². The van der Waals surface area contributed by atoms with Crippen LogP contribution in [0.15, 0.2) is 108 Å². The molecular weight excluding hydrogens is 456 g/mol. The molecule has 0 fully saturated rings. The molecule has 0 spiro atoms. The van der Waals surface area contributed by atoms with Crippen LogP contribution in [0.2, 0.25) is 0 Å². The zero-order chi connectivity index (χ0) is 24.7. The Morgan fingerprint density at radius 3 is 2.00 bits per heavy atom. The van der Waals surface area contributed by atoms with Crippen molar-refractivity contribution in [3.05, 3.63) is 131 Å². The Labute approximate surface area is 207 Å². The van der Waals surface area contributed by atoms with Crippen molar-refractivity contribution >= 4 is 15.7 Å². The van der Waals surface area contributed by atoms with Gasteiger partial charge in [0.25, 0.3) is 5.91 Å². The Kier molecular flexibility index (Phi) is 7.73. The summed E-state index contributed by atoms with van der Waals surface area (Å²) in [5.74, 6) is -0.236. The first-order chi connectivity index (χ1) is 16.9. The highest BCUT2D eigenvalue weighted by Gasteiger charge is 2.19. The summed E-state index contributed by atoms with van der Waals surface area (Å²) < 4.78 is 25.4. The topological polar surface area (TPSA) is 67.3 Å². The third kappa shape index (κ3) is 6.43. The number of nitrogens with zero attached hydrogens (tertiary/aromatic N) is 2. The van der Waals surface area contributed by atoms with Crippen molar-refractivity contribution in [2.45, 2.75) is 37.1 Å². The second-order valence-electron chi connectivity index (χ2n) is 8.46. The summed E-state index contributed by atoms with van der Waals surface area (Å²) in [6, 6.07) is 27.3. The van der Waals surface area contributed by atoms with Crippen LogP contribution in [0.5, 0.6) is 0 Å². The standard InChI is InChI=1S/C29H28N2O3S/c1-2-23-10-12-24(13-11-23)20-31(21-26-7-6-18-30-19-26)29(32)27-16-14-25(15-17-27)22-35(33,34)28-8-4-3-5-9-28/h3-19H,2,20-22H2,1H3. The lowest BCUT2D eigenvalue weighted by atomic mass is 10.1. The SMILES string of the molecule is CCc1ccc(CN(Cc2cccnc2)C(=O)c2ccc(CS(=O)(=O)c3ccccc3)cc2)cc1. The minimum absolute atomic E-state index is 0.116. The number of aryl methyl sites for hydroxylation is 1. The molecule has 1 amide bonds. The summed E-state index contributed by atoms with van der Waals surface area (Å²) in [5, 5.41) is 0. The summed E-state index contributed by atoms with van der Waals surface area (Å²) in [7, 11) is -3.45. The second-order valence-corrected chi connectivity index (χ2v) is 10.5. The van der Waals surface area contributed by atoms with E-state index in [1.165, 1.54) is 5.56 Å². The summed E-state index contributed by atoms with van der Waals surface area (Å²) in [5.41, 5.74) is 4.39. The van der Waals surface area contributed by atoms with E-state index >= 15 is 0 Å². The van der Waals surface area contributed by atoms with Crippen LogP contribution in [0, 0.1) is 0 Å². The molecule has 0 aliphatic heterocycles. The van der Waals surface area contributed by atoms with Crippen LogP contribution in [-0.4, -0.2) is 24.2 Å². The molecule has 4 aromatic rings. The molecule has 0 aliphatic carbocycles. The Morgan fingerprint density at radius 2 is 1.37 bits per heavy atom. The van der Waals surface area contributed by atoms with Gasteiger partial charge in [-0.1, -0.05) is 67.6 Å². The maximum absolute atomic E-state index is 13.5. The summed E-state index contributed by atoms with van der Waals surface area (Å²) in [6.07, 6.45) is 4.43. The molecule has 0 bridgehead atoms. The molecule has 0 unspecified atom stereocenters. The molecule has 178 valence electrons. The largest absolute Gasteiger partial charge is 0.330 e. The van der Waals surface area contributed by atoms with E-state index in [2.05, 4.69) is 36.2 Å². The van der Waals surface area contributed by atoms with Crippen molar-refractivity contribution in [2.75, 3.05) is 0 Å². The Balaban J connectivity index is 1.53. The van der Waals surface area contributed by atoms with Gasteiger partial charge in [-0.05, 0) is 59.0 Å². The lowest BCUT2D eigenvalue weighted by Gasteiger charge is -2.23. The van der Waals surface area contributed by atoms with E-state index in [4.69, 9.17) is 0 Å². The first kappa shape index (κ1) is 24.4. The van der Waals surface area contributed by atoms with Crippen molar-refractivity contribution in [1.82, 2.24) is 9.88 Å². The number of carbonyl (C=O) groups is 1. The van der Waals surface area contributed by atoms with Gasteiger partial charge in [0.2, 0.25) is 0 Å². The van der Waals surface area contributed by atoms with E-state index in [0.29, 0.717) is 24.2 Å². The predicted octanol–water partition coefficient (Wildman–Crippen LogP) is 5.46. The summed E-state index contributed by atoms with van der Waals surface area (Å²) in [4.78, 5) is 19.7. The average molecular weight is 485 g/mol. The van der Waals surface area contributed by atoms with E-state index in [0.717, 1.165) is 17.5 Å². The molecule has 3 aromatic carbocycles. The number of hydrogen-bond acceptors (Lipinski definition) is 4. The van der Waals surface area contributed by atoms with Gasteiger partial charge in [0.15, 0.2) is 9.84 Å². The molecule has 6 heteroatoms. The molecule has 5 nitrogen and oxygen atoms in total. The fraction of sp³-hybridized carbons (Fsp3) is 0.172. The Morgan fingerprint density at radius 1 is 0.743 bits per heavy atom. The maximum Gasteiger partial charge on any atom is 0.254 e. The van der Waals surface area contributed by atoms with Gasteiger partial charge < -0.3 is 4.90 Å². The molecule has 35 heavy (non-hydrogen) atoms. The molecule has 0 aliphatic rings. The molecule has 1 aromatic heterocycles. The van der Waals surface area contributed by atoms with E-state index in [9.17, 15) is 13.2 Å². The van der Waals surface area contributed by atoms with Crippen LogP contribution in [0.4, 0.5) is 0 Å². The monoisotopic (exact) mass is 484 g/mol. The highest BCUT2D eigenvalue weighted by Crippen LogP contribution is 2.19. The molecule has 0 saturated heterocycles. The van der Waals surface area contributed by atoms with Crippen LogP contribution in [0.3, 0.4) is 0 Å². The molecule has 1 heterocycles. The van der Waals surface area contributed by atoms with E-state index in [1.807, 2.05) is 12.1 Å². The van der Waals surface area contributed by atoms with Crippen molar-refractivity contribution in [1.29, 1.82) is 0 Å². The van der Waals surface area contributed by atoms with Crippen LogP contribution < -0.4 is 0 Å². The van der Waals surface area contributed by atoms with E-state index < -0.39 is 9.84 Å². The van der Waals surface area contributed by atoms with Gasteiger partial charge in [-0.2, -0.15) is 0 Å². The van der Waals surface area contributed by atoms with Gasteiger partial charge in [0, 0.05) is 31.0 Å². The smallest absolute Gasteiger partial charge is 0.254 e. The molecular formula is C29H28N2O3S. The van der Waals surface area contributed by atoms with Crippen molar-refractivity contribution in [3.63, 3.8) is 0 Å². The highest BCUT2D eigenvalue weighted by molar-refractivity contribution is 7.90. The van der Waals surface area contributed by atoms with Gasteiger partial charge in [0.05, 0.1) is 10.6 Å². The minimum atomic E-state index is -3.45. The van der Waals surface area contributed by atoms with Gasteiger partial charge in [0.1, 0.15) is 0 Å². The minimum Gasteiger partial charge on any atom is -0.330 e. The zero-order valence-electron chi connectivity index (χ0n) is 19.7.